The van der Waals surface area contributed by atoms with Crippen LogP contribution in [-0.4, -0.2) is 22.8 Å². The fraction of sp³-hybridized carbons (Fsp3) is 0.222. The van der Waals surface area contributed by atoms with E-state index in [1.807, 2.05) is 0 Å². The van der Waals surface area contributed by atoms with Gasteiger partial charge in [-0.25, -0.2) is 4.79 Å². The van der Waals surface area contributed by atoms with Crippen molar-refractivity contribution in [3.8, 4) is 11.5 Å². The molecule has 1 aromatic carbocycles. The molecule has 0 atom stereocenters. The van der Waals surface area contributed by atoms with Crippen LogP contribution >= 0.6 is 0 Å². The number of aromatic carboxylic acids is 1. The molecule has 4 heteroatoms. The van der Waals surface area contributed by atoms with E-state index in [1.54, 1.807) is 6.92 Å². The summed E-state index contributed by atoms with van der Waals surface area (Å²) in [6.45, 7) is 2.16. The van der Waals surface area contributed by atoms with Crippen molar-refractivity contribution in [1.82, 2.24) is 0 Å². The van der Waals surface area contributed by atoms with Gasteiger partial charge in [0, 0.05) is 0 Å². The molecule has 0 saturated carbocycles. The van der Waals surface area contributed by atoms with Crippen LogP contribution in [0.25, 0.3) is 0 Å². The van der Waals surface area contributed by atoms with Crippen LogP contribution in [-0.2, 0) is 0 Å². The largest absolute Gasteiger partial charge is 0.508 e. The molecule has 1 rings (SSSR count). The lowest BCUT2D eigenvalue weighted by atomic mass is 10.2. The molecule has 13 heavy (non-hydrogen) atoms. The molecule has 0 saturated heterocycles. The Labute approximate surface area is 75.4 Å². The zero-order chi connectivity index (χ0) is 9.84. The number of aromatic hydroxyl groups is 1. The van der Waals surface area contributed by atoms with Crippen molar-refractivity contribution in [2.75, 3.05) is 6.61 Å². The SMILES string of the molecule is CCOc1ccc(O)cc1C(=O)O. The quantitative estimate of drug-likeness (QED) is 0.743. The van der Waals surface area contributed by atoms with Crippen LogP contribution in [0.3, 0.4) is 0 Å². The maximum atomic E-state index is 10.7. The second-order valence-electron chi connectivity index (χ2n) is 2.42. The van der Waals surface area contributed by atoms with E-state index in [1.165, 1.54) is 12.1 Å². The van der Waals surface area contributed by atoms with Crippen LogP contribution in [0.2, 0.25) is 0 Å². The number of ether oxygens (including phenoxy) is 1. The molecule has 0 fully saturated rings. The molecule has 0 radical (unpaired) electrons. The summed E-state index contributed by atoms with van der Waals surface area (Å²) in [5, 5.41) is 17.8. The smallest absolute Gasteiger partial charge is 0.339 e. The summed E-state index contributed by atoms with van der Waals surface area (Å²) in [6, 6.07) is 3.98. The fourth-order valence-electron chi connectivity index (χ4n) is 0.966. The number of phenolic OH excluding ortho intramolecular Hbond substituents is 1. The van der Waals surface area contributed by atoms with Crippen molar-refractivity contribution in [3.63, 3.8) is 0 Å². The molecular formula is C9H10O4. The van der Waals surface area contributed by atoms with Crippen molar-refractivity contribution in [2.45, 2.75) is 6.92 Å². The van der Waals surface area contributed by atoms with Gasteiger partial charge in [-0.05, 0) is 25.1 Å². The Hall–Kier alpha value is -1.71. The molecule has 4 nitrogen and oxygen atoms in total. The van der Waals surface area contributed by atoms with Gasteiger partial charge in [-0.2, -0.15) is 0 Å². The normalized spacial score (nSPS) is 9.62. The second kappa shape index (κ2) is 3.80. The predicted molar refractivity (Wildman–Crippen MR) is 46.2 cm³/mol. The summed E-state index contributed by atoms with van der Waals surface area (Å²) < 4.78 is 5.06. The monoisotopic (exact) mass is 182 g/mol. The van der Waals surface area contributed by atoms with Crippen LogP contribution < -0.4 is 4.74 Å². The molecule has 0 amide bonds. The number of carboxylic acids is 1. The molecule has 0 unspecified atom stereocenters. The van der Waals surface area contributed by atoms with E-state index in [0.717, 1.165) is 6.07 Å². The molecular weight excluding hydrogens is 172 g/mol. The Morgan fingerprint density at radius 1 is 1.54 bits per heavy atom. The number of rotatable bonds is 3. The lowest BCUT2D eigenvalue weighted by Crippen LogP contribution is -2.02. The Morgan fingerprint density at radius 2 is 2.23 bits per heavy atom. The standard InChI is InChI=1S/C9H10O4/c1-2-13-8-4-3-6(10)5-7(8)9(11)12/h3-5,10H,2H2,1H3,(H,11,12). The van der Waals surface area contributed by atoms with Crippen molar-refractivity contribution < 1.29 is 19.7 Å². The van der Waals surface area contributed by atoms with Gasteiger partial charge in [0.05, 0.1) is 6.61 Å². The van der Waals surface area contributed by atoms with Gasteiger partial charge in [0.2, 0.25) is 0 Å². The van der Waals surface area contributed by atoms with Gasteiger partial charge in [-0.1, -0.05) is 0 Å². The molecule has 70 valence electrons. The van der Waals surface area contributed by atoms with Crippen LogP contribution in [0.15, 0.2) is 18.2 Å². The summed E-state index contributed by atoms with van der Waals surface area (Å²) in [7, 11) is 0. The summed E-state index contributed by atoms with van der Waals surface area (Å²) >= 11 is 0. The van der Waals surface area contributed by atoms with E-state index >= 15 is 0 Å². The fourth-order valence-corrected chi connectivity index (χ4v) is 0.966. The lowest BCUT2D eigenvalue weighted by Gasteiger charge is -2.06. The Balaban J connectivity index is 3.10. The highest BCUT2D eigenvalue weighted by atomic mass is 16.5. The van der Waals surface area contributed by atoms with E-state index in [4.69, 9.17) is 14.9 Å². The third-order valence-corrected chi connectivity index (χ3v) is 1.49. The van der Waals surface area contributed by atoms with Crippen LogP contribution in [0.4, 0.5) is 0 Å². The summed E-state index contributed by atoms with van der Waals surface area (Å²) in [4.78, 5) is 10.7. The highest BCUT2D eigenvalue weighted by Crippen LogP contribution is 2.23. The third-order valence-electron chi connectivity index (χ3n) is 1.49. The molecule has 0 aromatic heterocycles. The third kappa shape index (κ3) is 2.11. The van der Waals surface area contributed by atoms with Crippen molar-refractivity contribution >= 4 is 5.97 Å². The predicted octanol–water partition coefficient (Wildman–Crippen LogP) is 1.49. The first-order valence-electron chi connectivity index (χ1n) is 3.84. The second-order valence-corrected chi connectivity index (χ2v) is 2.42. The Kier molecular flexibility index (Phi) is 2.74. The summed E-state index contributed by atoms with van der Waals surface area (Å²) in [5.74, 6) is -0.923. The topological polar surface area (TPSA) is 66.8 Å². The average molecular weight is 182 g/mol. The Bertz CT molecular complexity index is 319. The highest BCUT2D eigenvalue weighted by molar-refractivity contribution is 5.91. The van der Waals surface area contributed by atoms with Gasteiger partial charge in [0.25, 0.3) is 0 Å². The molecule has 1 aromatic rings. The molecule has 0 aliphatic rings. The summed E-state index contributed by atoms with van der Waals surface area (Å²) in [5.41, 5.74) is -0.0261. The molecule has 0 bridgehead atoms. The molecule has 0 heterocycles. The van der Waals surface area contributed by atoms with E-state index in [9.17, 15) is 4.79 Å². The number of carboxylic acid groups (broad SMARTS) is 1. The van der Waals surface area contributed by atoms with E-state index in [0.29, 0.717) is 6.61 Å². The molecule has 0 spiro atoms. The molecule has 0 aliphatic carbocycles. The lowest BCUT2D eigenvalue weighted by molar-refractivity contribution is 0.0692. The average Bonchev–Trinajstić information content (AvgIpc) is 2.08. The Morgan fingerprint density at radius 3 is 2.77 bits per heavy atom. The van der Waals surface area contributed by atoms with Gasteiger partial charge >= 0.3 is 5.97 Å². The van der Waals surface area contributed by atoms with E-state index < -0.39 is 5.97 Å². The van der Waals surface area contributed by atoms with Crippen molar-refractivity contribution in [2.24, 2.45) is 0 Å². The number of carbonyl (C=O) groups is 1. The number of benzene rings is 1. The number of hydrogen-bond acceptors (Lipinski definition) is 3. The zero-order valence-corrected chi connectivity index (χ0v) is 7.15. The minimum Gasteiger partial charge on any atom is -0.508 e. The maximum Gasteiger partial charge on any atom is 0.339 e. The van der Waals surface area contributed by atoms with Gasteiger partial charge in [-0.3, -0.25) is 0 Å². The van der Waals surface area contributed by atoms with Crippen LogP contribution in [0.5, 0.6) is 11.5 Å². The van der Waals surface area contributed by atoms with Crippen molar-refractivity contribution in [3.05, 3.63) is 23.8 Å². The highest BCUT2D eigenvalue weighted by Gasteiger charge is 2.11. The first-order chi connectivity index (χ1) is 6.15. The zero-order valence-electron chi connectivity index (χ0n) is 7.15. The van der Waals surface area contributed by atoms with Crippen molar-refractivity contribution in [1.29, 1.82) is 0 Å². The van der Waals surface area contributed by atoms with E-state index in [-0.39, 0.29) is 17.1 Å². The van der Waals surface area contributed by atoms with Gasteiger partial charge in [-0.15, -0.1) is 0 Å². The van der Waals surface area contributed by atoms with Gasteiger partial charge in [0.15, 0.2) is 0 Å². The molecule has 2 N–H and O–H groups in total. The maximum absolute atomic E-state index is 10.7. The van der Waals surface area contributed by atoms with Gasteiger partial charge < -0.3 is 14.9 Å². The van der Waals surface area contributed by atoms with E-state index in [2.05, 4.69) is 0 Å². The molecule has 0 aliphatic heterocycles. The van der Waals surface area contributed by atoms with Crippen LogP contribution in [0, 0.1) is 0 Å². The first kappa shape index (κ1) is 9.38. The minimum atomic E-state index is -1.11. The van der Waals surface area contributed by atoms with Gasteiger partial charge in [0.1, 0.15) is 17.1 Å². The number of hydrogen-bond donors (Lipinski definition) is 2. The number of phenols is 1. The van der Waals surface area contributed by atoms with Crippen LogP contribution in [0.1, 0.15) is 17.3 Å². The minimum absolute atomic E-state index is 0.0261. The summed E-state index contributed by atoms with van der Waals surface area (Å²) in [6.07, 6.45) is 0. The first-order valence-corrected chi connectivity index (χ1v) is 3.84.